The summed E-state index contributed by atoms with van der Waals surface area (Å²) in [7, 11) is 0. The minimum atomic E-state index is -0.409. The van der Waals surface area contributed by atoms with E-state index in [9.17, 15) is 9.59 Å². The first-order chi connectivity index (χ1) is 19.9. The predicted molar refractivity (Wildman–Crippen MR) is 159 cm³/mol. The minimum absolute atomic E-state index is 0.203. The van der Waals surface area contributed by atoms with Gasteiger partial charge in [0.15, 0.2) is 0 Å². The molecule has 0 radical (unpaired) electrons. The molecule has 41 heavy (non-hydrogen) atoms. The van der Waals surface area contributed by atoms with Crippen LogP contribution in [0.4, 0.5) is 10.5 Å². The number of piperidine rings is 1. The molecule has 2 aliphatic heterocycles. The van der Waals surface area contributed by atoms with Gasteiger partial charge < -0.3 is 15.0 Å². The Bertz CT molecular complexity index is 1290. The Morgan fingerprint density at radius 2 is 1.73 bits per heavy atom. The number of likely N-dealkylation sites (tertiary alicyclic amines) is 1. The van der Waals surface area contributed by atoms with Crippen LogP contribution in [0.2, 0.25) is 0 Å². The van der Waals surface area contributed by atoms with Crippen molar-refractivity contribution >= 4 is 17.7 Å². The molecule has 3 aromatic rings. The highest BCUT2D eigenvalue weighted by molar-refractivity contribution is 6.04. The standard InChI is InChI=1S/C32H40N6O3/c1-24-6-11-28(33-21-24)14-16-36-17-19-37(20-18-36)32(40)41-30-13-12-29(22-34-30)35-31(39)27-9-7-26(8-10-27)23-38-15-4-3-5-25(38)2/h6-13,21-22,25H,3-5,14-20,23H2,1-2H3,(H,35,39). The van der Waals surface area contributed by atoms with E-state index in [0.29, 0.717) is 30.4 Å². The summed E-state index contributed by atoms with van der Waals surface area (Å²) in [5, 5.41) is 2.87. The molecule has 2 saturated heterocycles. The maximum atomic E-state index is 12.8. The smallest absolute Gasteiger partial charge is 0.391 e. The highest BCUT2D eigenvalue weighted by Gasteiger charge is 2.23. The van der Waals surface area contributed by atoms with Crippen LogP contribution in [0.5, 0.6) is 5.88 Å². The van der Waals surface area contributed by atoms with Crippen molar-refractivity contribution in [3.05, 3.63) is 83.3 Å². The third-order valence-corrected chi connectivity index (χ3v) is 8.02. The zero-order valence-electron chi connectivity index (χ0n) is 24.1. The topological polar surface area (TPSA) is 90.9 Å². The predicted octanol–water partition coefficient (Wildman–Crippen LogP) is 4.77. The number of benzene rings is 1. The highest BCUT2D eigenvalue weighted by atomic mass is 16.6. The van der Waals surface area contributed by atoms with Crippen LogP contribution in [0.3, 0.4) is 0 Å². The van der Waals surface area contributed by atoms with E-state index in [-0.39, 0.29) is 11.8 Å². The number of aryl methyl sites for hydroxylation is 1. The number of carbonyl (C=O) groups is 2. The Balaban J connectivity index is 1.04. The van der Waals surface area contributed by atoms with Crippen LogP contribution < -0.4 is 10.1 Å². The van der Waals surface area contributed by atoms with Gasteiger partial charge in [0.25, 0.3) is 5.91 Å². The lowest BCUT2D eigenvalue weighted by molar-refractivity contribution is 0.102. The molecule has 9 heteroatoms. The summed E-state index contributed by atoms with van der Waals surface area (Å²) in [4.78, 5) is 40.7. The van der Waals surface area contributed by atoms with Gasteiger partial charge >= 0.3 is 6.09 Å². The fraction of sp³-hybridized carbons (Fsp3) is 0.438. The van der Waals surface area contributed by atoms with Gasteiger partial charge in [-0.25, -0.2) is 9.78 Å². The number of piperazine rings is 1. The number of carbonyl (C=O) groups excluding carboxylic acids is 2. The van der Waals surface area contributed by atoms with Gasteiger partial charge in [-0.05, 0) is 68.6 Å². The molecule has 2 amide bonds. The number of amides is 2. The number of anilines is 1. The number of aromatic nitrogens is 2. The van der Waals surface area contributed by atoms with Gasteiger partial charge in [-0.1, -0.05) is 24.6 Å². The largest absolute Gasteiger partial charge is 0.416 e. The zero-order valence-corrected chi connectivity index (χ0v) is 24.1. The maximum Gasteiger partial charge on any atom is 0.416 e. The van der Waals surface area contributed by atoms with Crippen molar-refractivity contribution in [1.82, 2.24) is 24.7 Å². The van der Waals surface area contributed by atoms with Gasteiger partial charge in [0, 0.05) is 75.3 Å². The van der Waals surface area contributed by atoms with E-state index in [1.807, 2.05) is 37.4 Å². The average molecular weight is 557 g/mol. The Morgan fingerprint density at radius 1 is 0.927 bits per heavy atom. The van der Waals surface area contributed by atoms with Crippen molar-refractivity contribution in [3.8, 4) is 5.88 Å². The van der Waals surface area contributed by atoms with Crippen LogP contribution in [0.25, 0.3) is 0 Å². The molecule has 5 rings (SSSR count). The summed E-state index contributed by atoms with van der Waals surface area (Å²) in [6.07, 6.45) is 7.69. The third-order valence-electron chi connectivity index (χ3n) is 8.02. The lowest BCUT2D eigenvalue weighted by Crippen LogP contribution is -2.50. The first-order valence-electron chi connectivity index (χ1n) is 14.6. The second-order valence-corrected chi connectivity index (χ2v) is 11.1. The second kappa shape index (κ2) is 13.7. The van der Waals surface area contributed by atoms with Gasteiger partial charge in [-0.3, -0.25) is 19.6 Å². The van der Waals surface area contributed by atoms with Crippen LogP contribution >= 0.6 is 0 Å². The molecule has 0 spiro atoms. The number of hydrogen-bond acceptors (Lipinski definition) is 7. The van der Waals surface area contributed by atoms with E-state index in [4.69, 9.17) is 4.74 Å². The normalized spacial score (nSPS) is 18.2. The van der Waals surface area contributed by atoms with Crippen molar-refractivity contribution < 1.29 is 14.3 Å². The summed E-state index contributed by atoms with van der Waals surface area (Å²) >= 11 is 0. The zero-order chi connectivity index (χ0) is 28.6. The quantitative estimate of drug-likeness (QED) is 0.427. The molecule has 1 aromatic carbocycles. The lowest BCUT2D eigenvalue weighted by atomic mass is 10.0. The molecular formula is C32H40N6O3. The van der Waals surface area contributed by atoms with Gasteiger partial charge in [-0.2, -0.15) is 0 Å². The molecule has 2 fully saturated rings. The number of nitrogens with one attached hydrogen (secondary N) is 1. The van der Waals surface area contributed by atoms with Gasteiger partial charge in [0.2, 0.25) is 5.88 Å². The molecule has 0 saturated carbocycles. The van der Waals surface area contributed by atoms with E-state index in [1.165, 1.54) is 31.0 Å². The van der Waals surface area contributed by atoms with E-state index in [2.05, 4.69) is 44.1 Å². The van der Waals surface area contributed by atoms with Crippen LogP contribution in [0.15, 0.2) is 60.9 Å². The molecule has 0 bridgehead atoms. The molecule has 2 aliphatic rings. The number of hydrogen-bond donors (Lipinski definition) is 1. The molecular weight excluding hydrogens is 516 g/mol. The van der Waals surface area contributed by atoms with Gasteiger partial charge in [0.05, 0.1) is 11.9 Å². The summed E-state index contributed by atoms with van der Waals surface area (Å²) in [6, 6.07) is 15.8. The molecule has 1 N–H and O–H groups in total. The Hall–Kier alpha value is -3.82. The van der Waals surface area contributed by atoms with Crippen molar-refractivity contribution in [2.24, 2.45) is 0 Å². The van der Waals surface area contributed by atoms with Crippen molar-refractivity contribution in [2.45, 2.75) is 52.1 Å². The van der Waals surface area contributed by atoms with Crippen molar-refractivity contribution in [3.63, 3.8) is 0 Å². The molecule has 1 unspecified atom stereocenters. The number of pyridine rings is 2. The van der Waals surface area contributed by atoms with E-state index in [0.717, 1.165) is 50.4 Å². The number of rotatable bonds is 8. The average Bonchev–Trinajstić information content (AvgIpc) is 2.99. The fourth-order valence-corrected chi connectivity index (χ4v) is 5.33. The first kappa shape index (κ1) is 28.7. The SMILES string of the molecule is Cc1ccc(CCN2CCN(C(=O)Oc3ccc(NC(=O)c4ccc(CN5CCCCC5C)cc4)cn3)CC2)nc1. The van der Waals surface area contributed by atoms with Crippen molar-refractivity contribution in [1.29, 1.82) is 0 Å². The summed E-state index contributed by atoms with van der Waals surface area (Å²) in [6.45, 7) is 10.1. The third kappa shape index (κ3) is 8.11. The summed E-state index contributed by atoms with van der Waals surface area (Å²) in [5.74, 6) is 0.00244. The monoisotopic (exact) mass is 556 g/mol. The highest BCUT2D eigenvalue weighted by Crippen LogP contribution is 2.20. The number of nitrogens with zero attached hydrogens (tertiary/aromatic N) is 5. The van der Waals surface area contributed by atoms with Crippen LogP contribution in [-0.2, 0) is 13.0 Å². The summed E-state index contributed by atoms with van der Waals surface area (Å²) < 4.78 is 5.49. The first-order valence-corrected chi connectivity index (χ1v) is 14.6. The number of ether oxygens (including phenoxy) is 1. The molecule has 4 heterocycles. The molecule has 9 nitrogen and oxygen atoms in total. The lowest BCUT2D eigenvalue weighted by Gasteiger charge is -2.33. The maximum absolute atomic E-state index is 12.8. The molecule has 0 aliphatic carbocycles. The Kier molecular flexibility index (Phi) is 9.59. The van der Waals surface area contributed by atoms with Crippen molar-refractivity contribution in [2.75, 3.05) is 44.6 Å². The van der Waals surface area contributed by atoms with Gasteiger partial charge in [-0.15, -0.1) is 0 Å². The molecule has 2 aromatic heterocycles. The van der Waals surface area contributed by atoms with E-state index in [1.54, 1.807) is 17.0 Å². The molecule has 216 valence electrons. The Labute approximate surface area is 242 Å². The van der Waals surface area contributed by atoms with E-state index >= 15 is 0 Å². The van der Waals surface area contributed by atoms with Gasteiger partial charge in [0.1, 0.15) is 0 Å². The molecule has 1 atom stereocenters. The van der Waals surface area contributed by atoms with Crippen LogP contribution in [-0.4, -0.2) is 82.0 Å². The van der Waals surface area contributed by atoms with Crippen LogP contribution in [0, 0.1) is 6.92 Å². The fourth-order valence-electron chi connectivity index (χ4n) is 5.33. The van der Waals surface area contributed by atoms with E-state index < -0.39 is 6.09 Å². The van der Waals surface area contributed by atoms with Crippen LogP contribution in [0.1, 0.15) is 53.4 Å². The minimum Gasteiger partial charge on any atom is -0.391 e. The Morgan fingerprint density at radius 3 is 2.41 bits per heavy atom. The summed E-state index contributed by atoms with van der Waals surface area (Å²) in [5.41, 5.74) is 4.58. The second-order valence-electron chi connectivity index (χ2n) is 11.1.